The maximum absolute atomic E-state index is 11.7. The molecule has 3 N–H and O–H groups in total. The van der Waals surface area contributed by atoms with E-state index in [0.29, 0.717) is 6.54 Å². The third-order valence-corrected chi connectivity index (χ3v) is 3.67. The number of benzene rings is 1. The van der Waals surface area contributed by atoms with E-state index in [-0.39, 0.29) is 5.91 Å². The van der Waals surface area contributed by atoms with E-state index < -0.39 is 5.54 Å². The largest absolute Gasteiger partial charge is 0.493 e. The average molecular weight is 246 g/mol. The summed E-state index contributed by atoms with van der Waals surface area (Å²) in [6, 6.07) is 6.11. The number of nitrogens with one attached hydrogen (secondary N) is 1. The Hall–Kier alpha value is -1.55. The van der Waals surface area contributed by atoms with Crippen LogP contribution in [0.15, 0.2) is 18.2 Å². The summed E-state index contributed by atoms with van der Waals surface area (Å²) >= 11 is 0. The molecular formula is C14H18N2O2. The number of fused-ring (bicyclic) bond motifs is 1. The number of carbonyl (C=O) groups is 1. The van der Waals surface area contributed by atoms with E-state index >= 15 is 0 Å². The Morgan fingerprint density at radius 1 is 1.44 bits per heavy atom. The van der Waals surface area contributed by atoms with Gasteiger partial charge in [-0.1, -0.05) is 12.1 Å². The second-order valence-corrected chi connectivity index (χ2v) is 5.23. The van der Waals surface area contributed by atoms with E-state index in [4.69, 9.17) is 10.5 Å². The lowest BCUT2D eigenvalue weighted by atomic mass is 10.0. The summed E-state index contributed by atoms with van der Waals surface area (Å²) < 4.78 is 5.56. The number of ether oxygens (including phenoxy) is 1. The number of aryl methyl sites for hydroxylation is 1. The zero-order valence-corrected chi connectivity index (χ0v) is 10.4. The van der Waals surface area contributed by atoms with Crippen LogP contribution in [0.3, 0.4) is 0 Å². The topological polar surface area (TPSA) is 64.4 Å². The van der Waals surface area contributed by atoms with Crippen LogP contribution in [0, 0.1) is 0 Å². The van der Waals surface area contributed by atoms with Gasteiger partial charge in [0.05, 0.1) is 12.1 Å². The first-order valence-corrected chi connectivity index (χ1v) is 6.49. The molecule has 18 heavy (non-hydrogen) atoms. The SMILES string of the molecule is NC1(C(=O)NCc2ccc3c(c2)CCCO3)CC1. The number of rotatable bonds is 3. The van der Waals surface area contributed by atoms with Gasteiger partial charge in [0.1, 0.15) is 5.75 Å². The number of nitrogens with two attached hydrogens (primary N) is 1. The minimum Gasteiger partial charge on any atom is -0.493 e. The lowest BCUT2D eigenvalue weighted by molar-refractivity contribution is -0.123. The van der Waals surface area contributed by atoms with E-state index in [2.05, 4.69) is 11.4 Å². The van der Waals surface area contributed by atoms with Crippen LogP contribution in [-0.2, 0) is 17.8 Å². The summed E-state index contributed by atoms with van der Waals surface area (Å²) in [6.07, 6.45) is 3.72. The molecule has 4 nitrogen and oxygen atoms in total. The summed E-state index contributed by atoms with van der Waals surface area (Å²) in [5, 5.41) is 2.90. The molecule has 1 aromatic rings. The van der Waals surface area contributed by atoms with Crippen molar-refractivity contribution >= 4 is 5.91 Å². The Bertz CT molecular complexity index is 481. The van der Waals surface area contributed by atoms with Gasteiger partial charge in [-0.25, -0.2) is 0 Å². The molecule has 0 unspecified atom stereocenters. The summed E-state index contributed by atoms with van der Waals surface area (Å²) in [5.41, 5.74) is 7.59. The second kappa shape index (κ2) is 4.28. The minimum absolute atomic E-state index is 0.0310. The van der Waals surface area contributed by atoms with E-state index in [1.54, 1.807) is 0 Å². The van der Waals surface area contributed by atoms with Crippen LogP contribution in [0.5, 0.6) is 5.75 Å². The number of hydrogen-bond acceptors (Lipinski definition) is 3. The van der Waals surface area contributed by atoms with Crippen molar-refractivity contribution in [2.45, 2.75) is 37.8 Å². The molecule has 1 aliphatic heterocycles. The Balaban J connectivity index is 1.64. The van der Waals surface area contributed by atoms with Gasteiger partial charge >= 0.3 is 0 Å². The highest BCUT2D eigenvalue weighted by Gasteiger charge is 2.45. The molecule has 0 radical (unpaired) electrons. The summed E-state index contributed by atoms with van der Waals surface area (Å²) in [5.74, 6) is 0.949. The lowest BCUT2D eigenvalue weighted by Crippen LogP contribution is -2.42. The highest BCUT2D eigenvalue weighted by atomic mass is 16.5. The summed E-state index contributed by atoms with van der Waals surface area (Å²) in [6.45, 7) is 1.35. The predicted molar refractivity (Wildman–Crippen MR) is 68.3 cm³/mol. The van der Waals surface area contributed by atoms with Crippen LogP contribution in [0.1, 0.15) is 30.4 Å². The van der Waals surface area contributed by atoms with E-state index in [0.717, 1.165) is 43.6 Å². The van der Waals surface area contributed by atoms with Gasteiger partial charge in [-0.15, -0.1) is 0 Å². The predicted octanol–water partition coefficient (Wildman–Crippen LogP) is 1.12. The second-order valence-electron chi connectivity index (χ2n) is 5.23. The fourth-order valence-corrected chi connectivity index (χ4v) is 2.24. The summed E-state index contributed by atoms with van der Waals surface area (Å²) in [4.78, 5) is 11.7. The first-order chi connectivity index (χ1) is 8.67. The fraction of sp³-hybridized carbons (Fsp3) is 0.500. The van der Waals surface area contributed by atoms with Gasteiger partial charge in [0.25, 0.3) is 0 Å². The van der Waals surface area contributed by atoms with E-state index in [9.17, 15) is 4.79 Å². The van der Waals surface area contributed by atoms with Crippen LogP contribution in [0.2, 0.25) is 0 Å². The molecule has 2 aliphatic rings. The molecular weight excluding hydrogens is 228 g/mol. The third-order valence-electron chi connectivity index (χ3n) is 3.67. The van der Waals surface area contributed by atoms with Gasteiger partial charge in [-0.3, -0.25) is 4.79 Å². The molecule has 3 rings (SSSR count). The van der Waals surface area contributed by atoms with Crippen molar-refractivity contribution in [3.05, 3.63) is 29.3 Å². The number of amides is 1. The number of hydrogen-bond donors (Lipinski definition) is 2. The molecule has 0 spiro atoms. The zero-order valence-electron chi connectivity index (χ0n) is 10.4. The Morgan fingerprint density at radius 2 is 2.28 bits per heavy atom. The Morgan fingerprint density at radius 3 is 3.06 bits per heavy atom. The smallest absolute Gasteiger partial charge is 0.240 e. The molecule has 4 heteroatoms. The van der Waals surface area contributed by atoms with Gasteiger partial charge in [0, 0.05) is 6.54 Å². The monoisotopic (exact) mass is 246 g/mol. The zero-order chi connectivity index (χ0) is 12.6. The highest BCUT2D eigenvalue weighted by molar-refractivity contribution is 5.88. The molecule has 1 saturated carbocycles. The van der Waals surface area contributed by atoms with Crippen LogP contribution >= 0.6 is 0 Å². The average Bonchev–Trinajstić information content (AvgIpc) is 3.15. The summed E-state index contributed by atoms with van der Waals surface area (Å²) in [7, 11) is 0. The standard InChI is InChI=1S/C14H18N2O2/c15-14(5-6-14)13(17)16-9-10-3-4-12-11(8-10)2-1-7-18-12/h3-4,8H,1-2,5-7,9,15H2,(H,16,17). The molecule has 0 bridgehead atoms. The first kappa shape index (κ1) is 11.5. The van der Waals surface area contributed by atoms with Crippen molar-refractivity contribution < 1.29 is 9.53 Å². The molecule has 0 saturated heterocycles. The highest BCUT2D eigenvalue weighted by Crippen LogP contribution is 2.32. The molecule has 1 aliphatic carbocycles. The molecule has 96 valence electrons. The molecule has 1 aromatic carbocycles. The normalized spacial score (nSPS) is 19.6. The quantitative estimate of drug-likeness (QED) is 0.840. The van der Waals surface area contributed by atoms with Crippen LogP contribution in [-0.4, -0.2) is 18.1 Å². The van der Waals surface area contributed by atoms with Gasteiger partial charge in [0.15, 0.2) is 0 Å². The van der Waals surface area contributed by atoms with E-state index in [1.165, 1.54) is 5.56 Å². The third kappa shape index (κ3) is 2.20. The van der Waals surface area contributed by atoms with Crippen molar-refractivity contribution in [1.29, 1.82) is 0 Å². The van der Waals surface area contributed by atoms with Gasteiger partial charge in [-0.2, -0.15) is 0 Å². The minimum atomic E-state index is -0.586. The van der Waals surface area contributed by atoms with Gasteiger partial charge in [0.2, 0.25) is 5.91 Å². The van der Waals surface area contributed by atoms with Gasteiger partial charge < -0.3 is 15.8 Å². The van der Waals surface area contributed by atoms with Crippen LogP contribution < -0.4 is 15.8 Å². The maximum Gasteiger partial charge on any atom is 0.240 e. The molecule has 0 aromatic heterocycles. The molecule has 1 fully saturated rings. The van der Waals surface area contributed by atoms with Crippen molar-refractivity contribution in [1.82, 2.24) is 5.32 Å². The first-order valence-electron chi connectivity index (χ1n) is 6.49. The number of carbonyl (C=O) groups excluding carboxylic acids is 1. The maximum atomic E-state index is 11.7. The van der Waals surface area contributed by atoms with Crippen LogP contribution in [0.4, 0.5) is 0 Å². The van der Waals surface area contributed by atoms with E-state index in [1.807, 2.05) is 12.1 Å². The molecule has 1 amide bonds. The lowest BCUT2D eigenvalue weighted by Gasteiger charge is -2.18. The molecule has 0 atom stereocenters. The van der Waals surface area contributed by atoms with Crippen molar-refractivity contribution in [3.63, 3.8) is 0 Å². The van der Waals surface area contributed by atoms with Crippen molar-refractivity contribution in [3.8, 4) is 5.75 Å². The Kier molecular flexibility index (Phi) is 2.74. The van der Waals surface area contributed by atoms with Crippen molar-refractivity contribution in [2.75, 3.05) is 6.61 Å². The van der Waals surface area contributed by atoms with Crippen LogP contribution in [0.25, 0.3) is 0 Å². The Labute approximate surface area is 107 Å². The molecule has 1 heterocycles. The van der Waals surface area contributed by atoms with Crippen molar-refractivity contribution in [2.24, 2.45) is 5.73 Å². The van der Waals surface area contributed by atoms with Gasteiger partial charge in [-0.05, 0) is 42.9 Å². The fourth-order valence-electron chi connectivity index (χ4n) is 2.24.